The summed E-state index contributed by atoms with van der Waals surface area (Å²) in [4.78, 5) is 19.9. The highest BCUT2D eigenvalue weighted by Crippen LogP contribution is 2.25. The number of carbonyl (C=O) groups is 1. The van der Waals surface area contributed by atoms with Gasteiger partial charge in [0.2, 0.25) is 0 Å². The molecule has 1 aromatic carbocycles. The molecule has 0 aliphatic heterocycles. The molecule has 0 saturated heterocycles. The minimum atomic E-state index is -0.357. The van der Waals surface area contributed by atoms with E-state index < -0.39 is 0 Å². The number of anilines is 1. The maximum absolute atomic E-state index is 11.9. The van der Waals surface area contributed by atoms with Crippen LogP contribution >= 0.6 is 23.2 Å². The Morgan fingerprint density at radius 1 is 1.28 bits per heavy atom. The van der Waals surface area contributed by atoms with Gasteiger partial charge in [0.1, 0.15) is 11.5 Å². The zero-order valence-corrected chi connectivity index (χ0v) is 11.0. The van der Waals surface area contributed by atoms with Gasteiger partial charge in [0, 0.05) is 11.2 Å². The van der Waals surface area contributed by atoms with Crippen LogP contribution in [0.5, 0.6) is 0 Å². The predicted molar refractivity (Wildman–Crippen MR) is 71.2 cm³/mol. The van der Waals surface area contributed by atoms with Crippen molar-refractivity contribution in [1.29, 1.82) is 0 Å². The molecular weight excluding hydrogens is 273 g/mol. The third kappa shape index (κ3) is 2.97. The van der Waals surface area contributed by atoms with Crippen LogP contribution in [0.2, 0.25) is 10.0 Å². The first-order valence-corrected chi connectivity index (χ1v) is 5.88. The number of rotatable bonds is 2. The minimum absolute atomic E-state index is 0.276. The van der Waals surface area contributed by atoms with E-state index in [0.29, 0.717) is 21.6 Å². The second-order valence-corrected chi connectivity index (χ2v) is 4.41. The SMILES string of the molecule is Cc1nccc(C(=O)Nc2cc(Cl)ccc2Cl)n1. The van der Waals surface area contributed by atoms with Crippen LogP contribution in [0.1, 0.15) is 16.3 Å². The Labute approximate surface area is 114 Å². The summed E-state index contributed by atoms with van der Waals surface area (Å²) in [5.74, 6) is 0.171. The molecule has 0 bridgehead atoms. The largest absolute Gasteiger partial charge is 0.319 e. The maximum atomic E-state index is 11.9. The number of hydrogen-bond acceptors (Lipinski definition) is 3. The summed E-state index contributed by atoms with van der Waals surface area (Å²) < 4.78 is 0. The van der Waals surface area contributed by atoms with E-state index in [4.69, 9.17) is 23.2 Å². The van der Waals surface area contributed by atoms with Crippen molar-refractivity contribution in [3.05, 3.63) is 52.0 Å². The minimum Gasteiger partial charge on any atom is -0.319 e. The molecule has 1 aromatic heterocycles. The van der Waals surface area contributed by atoms with Crippen LogP contribution in [0.25, 0.3) is 0 Å². The monoisotopic (exact) mass is 281 g/mol. The molecule has 0 fully saturated rings. The summed E-state index contributed by atoms with van der Waals surface area (Å²) in [5, 5.41) is 3.56. The molecule has 18 heavy (non-hydrogen) atoms. The Bertz CT molecular complexity index is 602. The third-order valence-corrected chi connectivity index (χ3v) is 2.75. The Hall–Kier alpha value is -1.65. The molecule has 4 nitrogen and oxygen atoms in total. The molecule has 1 N–H and O–H groups in total. The number of hydrogen-bond donors (Lipinski definition) is 1. The van der Waals surface area contributed by atoms with Crippen LogP contribution in [-0.2, 0) is 0 Å². The second-order valence-electron chi connectivity index (χ2n) is 3.57. The average molecular weight is 282 g/mol. The van der Waals surface area contributed by atoms with E-state index in [-0.39, 0.29) is 11.6 Å². The van der Waals surface area contributed by atoms with Crippen molar-refractivity contribution < 1.29 is 4.79 Å². The van der Waals surface area contributed by atoms with E-state index in [9.17, 15) is 4.79 Å². The van der Waals surface area contributed by atoms with Crippen LogP contribution in [0.3, 0.4) is 0 Å². The first-order chi connectivity index (χ1) is 8.56. The zero-order valence-electron chi connectivity index (χ0n) is 9.45. The van der Waals surface area contributed by atoms with Crippen molar-refractivity contribution in [2.45, 2.75) is 6.92 Å². The number of benzene rings is 1. The molecule has 92 valence electrons. The predicted octanol–water partition coefficient (Wildman–Crippen LogP) is 3.34. The number of carbonyl (C=O) groups excluding carboxylic acids is 1. The normalized spacial score (nSPS) is 10.2. The summed E-state index contributed by atoms with van der Waals surface area (Å²) in [7, 11) is 0. The first-order valence-electron chi connectivity index (χ1n) is 5.12. The summed E-state index contributed by atoms with van der Waals surface area (Å²) in [5.41, 5.74) is 0.726. The Kier molecular flexibility index (Phi) is 3.79. The molecule has 6 heteroatoms. The molecule has 2 aromatic rings. The molecule has 0 aliphatic carbocycles. The van der Waals surface area contributed by atoms with Gasteiger partial charge in [0.15, 0.2) is 0 Å². The molecule has 2 rings (SSSR count). The van der Waals surface area contributed by atoms with Crippen molar-refractivity contribution in [1.82, 2.24) is 9.97 Å². The van der Waals surface area contributed by atoms with Crippen molar-refractivity contribution in [2.24, 2.45) is 0 Å². The van der Waals surface area contributed by atoms with E-state index in [1.807, 2.05) is 0 Å². The van der Waals surface area contributed by atoms with Crippen molar-refractivity contribution in [2.75, 3.05) is 5.32 Å². The molecule has 0 radical (unpaired) electrons. The van der Waals surface area contributed by atoms with E-state index in [1.54, 1.807) is 25.1 Å². The standard InChI is InChI=1S/C12H9Cl2N3O/c1-7-15-5-4-10(16-7)12(18)17-11-6-8(13)2-3-9(11)14/h2-6H,1H3,(H,17,18). The van der Waals surface area contributed by atoms with Gasteiger partial charge >= 0.3 is 0 Å². The van der Waals surface area contributed by atoms with Crippen LogP contribution in [0, 0.1) is 6.92 Å². The lowest BCUT2D eigenvalue weighted by Gasteiger charge is -2.07. The van der Waals surface area contributed by atoms with Crippen molar-refractivity contribution in [3.63, 3.8) is 0 Å². The van der Waals surface area contributed by atoms with E-state index >= 15 is 0 Å². The topological polar surface area (TPSA) is 54.9 Å². The Morgan fingerprint density at radius 3 is 2.78 bits per heavy atom. The van der Waals surface area contributed by atoms with Gasteiger partial charge in [0.25, 0.3) is 5.91 Å². The number of amides is 1. The number of halogens is 2. The molecule has 0 spiro atoms. The van der Waals surface area contributed by atoms with Crippen molar-refractivity contribution in [3.8, 4) is 0 Å². The van der Waals surface area contributed by atoms with Crippen LogP contribution < -0.4 is 5.32 Å². The molecule has 1 amide bonds. The molecule has 1 heterocycles. The quantitative estimate of drug-likeness (QED) is 0.919. The molecule has 0 saturated carbocycles. The van der Waals surface area contributed by atoms with Crippen LogP contribution in [0.4, 0.5) is 5.69 Å². The molecular formula is C12H9Cl2N3O. The fraction of sp³-hybridized carbons (Fsp3) is 0.0833. The van der Waals surface area contributed by atoms with Gasteiger partial charge in [-0.15, -0.1) is 0 Å². The van der Waals surface area contributed by atoms with Crippen LogP contribution in [-0.4, -0.2) is 15.9 Å². The Balaban J connectivity index is 2.24. The van der Waals surface area contributed by atoms with Gasteiger partial charge in [-0.2, -0.15) is 0 Å². The number of aryl methyl sites for hydroxylation is 1. The van der Waals surface area contributed by atoms with E-state index in [0.717, 1.165) is 0 Å². The van der Waals surface area contributed by atoms with Crippen LogP contribution in [0.15, 0.2) is 30.5 Å². The molecule has 0 aliphatic rings. The zero-order chi connectivity index (χ0) is 13.1. The third-order valence-electron chi connectivity index (χ3n) is 2.19. The van der Waals surface area contributed by atoms with Gasteiger partial charge in [-0.25, -0.2) is 9.97 Å². The van der Waals surface area contributed by atoms with Crippen molar-refractivity contribution >= 4 is 34.8 Å². The smallest absolute Gasteiger partial charge is 0.274 e. The first kappa shape index (κ1) is 12.8. The number of nitrogens with one attached hydrogen (secondary N) is 1. The van der Waals surface area contributed by atoms with Gasteiger partial charge in [0.05, 0.1) is 10.7 Å². The summed E-state index contributed by atoms with van der Waals surface area (Å²) >= 11 is 11.8. The molecule has 0 unspecified atom stereocenters. The lowest BCUT2D eigenvalue weighted by Crippen LogP contribution is -2.14. The summed E-state index contributed by atoms with van der Waals surface area (Å²) in [6.45, 7) is 1.71. The fourth-order valence-electron chi connectivity index (χ4n) is 1.36. The highest BCUT2D eigenvalue weighted by Gasteiger charge is 2.10. The maximum Gasteiger partial charge on any atom is 0.274 e. The lowest BCUT2D eigenvalue weighted by atomic mass is 10.3. The Morgan fingerprint density at radius 2 is 2.06 bits per heavy atom. The van der Waals surface area contributed by atoms with Gasteiger partial charge < -0.3 is 5.32 Å². The fourth-order valence-corrected chi connectivity index (χ4v) is 1.70. The summed E-state index contributed by atoms with van der Waals surface area (Å²) in [6.07, 6.45) is 1.52. The van der Waals surface area contributed by atoms with E-state index in [2.05, 4.69) is 15.3 Å². The highest BCUT2D eigenvalue weighted by atomic mass is 35.5. The number of nitrogens with zero attached hydrogens (tertiary/aromatic N) is 2. The second kappa shape index (κ2) is 5.33. The molecule has 0 atom stereocenters. The summed E-state index contributed by atoms with van der Waals surface area (Å²) in [6, 6.07) is 6.37. The number of aromatic nitrogens is 2. The van der Waals surface area contributed by atoms with Gasteiger partial charge in [-0.3, -0.25) is 4.79 Å². The lowest BCUT2D eigenvalue weighted by molar-refractivity contribution is 0.102. The van der Waals surface area contributed by atoms with E-state index in [1.165, 1.54) is 12.3 Å². The highest BCUT2D eigenvalue weighted by molar-refractivity contribution is 6.35. The van der Waals surface area contributed by atoms with Gasteiger partial charge in [-0.1, -0.05) is 23.2 Å². The average Bonchev–Trinajstić information content (AvgIpc) is 2.34. The van der Waals surface area contributed by atoms with Gasteiger partial charge in [-0.05, 0) is 31.2 Å².